The zero-order chi connectivity index (χ0) is 20.5. The van der Waals surface area contributed by atoms with E-state index < -0.39 is 20.4 Å². The Balaban J connectivity index is 1.46. The number of anilines is 1. The van der Waals surface area contributed by atoms with Crippen LogP contribution in [0.5, 0.6) is 0 Å². The number of piperidine rings is 1. The Hall–Kier alpha value is -2.55. The van der Waals surface area contributed by atoms with Crippen molar-refractivity contribution in [3.8, 4) is 0 Å². The third-order valence-electron chi connectivity index (χ3n) is 6.20. The van der Waals surface area contributed by atoms with Crippen molar-refractivity contribution in [3.63, 3.8) is 0 Å². The summed E-state index contributed by atoms with van der Waals surface area (Å²) in [7, 11) is -3.65. The minimum atomic E-state index is -3.65. The third-order valence-corrected chi connectivity index (χ3v) is 8.89. The highest BCUT2D eigenvalue weighted by Gasteiger charge is 2.55. The lowest BCUT2D eigenvalue weighted by Crippen LogP contribution is -2.55. The molecule has 2 heterocycles. The number of halogens is 1. The topological polar surface area (TPSA) is 92.3 Å². The van der Waals surface area contributed by atoms with E-state index in [-0.39, 0.29) is 16.8 Å². The molecular weight excluding hydrogens is 395 g/mol. The van der Waals surface area contributed by atoms with Crippen molar-refractivity contribution in [3.05, 3.63) is 48.5 Å². The van der Waals surface area contributed by atoms with Gasteiger partial charge in [0.25, 0.3) is 0 Å². The molecule has 1 saturated heterocycles. The third kappa shape index (κ3) is 3.59. The molecule has 0 unspecified atom stereocenters. The predicted molar refractivity (Wildman–Crippen MR) is 106 cm³/mol. The van der Waals surface area contributed by atoms with Crippen LogP contribution in [0.1, 0.15) is 32.1 Å². The first-order chi connectivity index (χ1) is 13.9. The summed E-state index contributed by atoms with van der Waals surface area (Å²) in [6.45, 7) is 0.963. The van der Waals surface area contributed by atoms with Gasteiger partial charge in [-0.05, 0) is 55.9 Å². The van der Waals surface area contributed by atoms with Crippen LogP contribution in [-0.2, 0) is 9.84 Å². The minimum Gasteiger partial charge on any atom is -0.325 e. The Morgan fingerprint density at radius 1 is 1.17 bits per heavy atom. The van der Waals surface area contributed by atoms with Crippen molar-refractivity contribution >= 4 is 21.6 Å². The highest BCUT2D eigenvalue weighted by molar-refractivity contribution is 7.93. The highest BCUT2D eigenvalue weighted by atomic mass is 32.2. The molecule has 2 aromatic rings. The van der Waals surface area contributed by atoms with Crippen molar-refractivity contribution in [1.82, 2.24) is 15.1 Å². The molecule has 0 bridgehead atoms. The van der Waals surface area contributed by atoms with Gasteiger partial charge in [-0.15, -0.1) is 0 Å². The molecule has 154 valence electrons. The molecule has 7 nitrogen and oxygen atoms in total. The summed E-state index contributed by atoms with van der Waals surface area (Å²) < 4.78 is 39.5. The number of nitrogens with zero attached hydrogens (tertiary/aromatic N) is 3. The average molecular weight is 418 g/mol. The minimum absolute atomic E-state index is 0.0452. The molecule has 2 aliphatic rings. The van der Waals surface area contributed by atoms with Gasteiger partial charge in [-0.3, -0.25) is 0 Å². The van der Waals surface area contributed by atoms with Crippen LogP contribution < -0.4 is 5.32 Å². The van der Waals surface area contributed by atoms with E-state index in [9.17, 15) is 17.6 Å². The number of carbonyl (C=O) groups is 1. The van der Waals surface area contributed by atoms with Crippen molar-refractivity contribution in [2.75, 3.05) is 18.4 Å². The number of nitrogens with one attached hydrogen (secondary N) is 1. The molecule has 1 aliphatic carbocycles. The smallest absolute Gasteiger partial charge is 0.321 e. The average Bonchev–Trinajstić information content (AvgIpc) is 2.68. The SMILES string of the molecule is O=C(Nc1ccnnc1)N1CCC(C2(S(=O)(=O)c3cccc(F)c3)CCC2)CC1. The van der Waals surface area contributed by atoms with Gasteiger partial charge >= 0.3 is 6.03 Å². The molecule has 4 rings (SSSR count). The fourth-order valence-corrected chi connectivity index (χ4v) is 6.96. The number of likely N-dealkylation sites (tertiary alicyclic amines) is 1. The molecule has 0 radical (unpaired) electrons. The summed E-state index contributed by atoms with van der Waals surface area (Å²) in [5.74, 6) is -0.589. The molecule has 0 spiro atoms. The summed E-state index contributed by atoms with van der Waals surface area (Å²) in [5.41, 5.74) is 0.566. The maximum atomic E-state index is 13.6. The summed E-state index contributed by atoms with van der Waals surface area (Å²) >= 11 is 0. The molecule has 29 heavy (non-hydrogen) atoms. The van der Waals surface area contributed by atoms with E-state index in [0.717, 1.165) is 12.5 Å². The van der Waals surface area contributed by atoms with E-state index in [2.05, 4.69) is 15.5 Å². The fraction of sp³-hybridized carbons (Fsp3) is 0.450. The molecule has 9 heteroatoms. The van der Waals surface area contributed by atoms with Crippen molar-refractivity contribution in [1.29, 1.82) is 0 Å². The van der Waals surface area contributed by atoms with Gasteiger partial charge in [0.05, 0.1) is 27.7 Å². The lowest BCUT2D eigenvalue weighted by molar-refractivity contribution is 0.136. The first-order valence-corrected chi connectivity index (χ1v) is 11.2. The Labute approximate surface area is 169 Å². The monoisotopic (exact) mass is 418 g/mol. The van der Waals surface area contributed by atoms with Crippen LogP contribution in [0, 0.1) is 11.7 Å². The van der Waals surface area contributed by atoms with Crippen LogP contribution in [-0.4, -0.2) is 47.4 Å². The molecular formula is C20H23FN4O3S. The molecule has 2 fully saturated rings. The predicted octanol–water partition coefficient (Wildman–Crippen LogP) is 3.26. The first kappa shape index (κ1) is 19.8. The molecule has 1 aromatic heterocycles. The Kier molecular flexibility index (Phi) is 5.24. The van der Waals surface area contributed by atoms with Crippen LogP contribution in [0.15, 0.2) is 47.6 Å². The first-order valence-electron chi connectivity index (χ1n) is 9.75. The number of aromatic nitrogens is 2. The molecule has 1 N–H and O–H groups in total. The maximum absolute atomic E-state index is 13.6. The van der Waals surface area contributed by atoms with E-state index in [1.54, 1.807) is 11.0 Å². The zero-order valence-electron chi connectivity index (χ0n) is 15.9. The maximum Gasteiger partial charge on any atom is 0.321 e. The van der Waals surface area contributed by atoms with Crippen LogP contribution >= 0.6 is 0 Å². The number of urea groups is 1. The van der Waals surface area contributed by atoms with E-state index in [4.69, 9.17) is 0 Å². The van der Waals surface area contributed by atoms with E-state index >= 15 is 0 Å². The van der Waals surface area contributed by atoms with Crippen LogP contribution in [0.4, 0.5) is 14.9 Å². The number of sulfone groups is 1. The molecule has 1 saturated carbocycles. The van der Waals surface area contributed by atoms with E-state index in [1.165, 1.54) is 30.6 Å². The van der Waals surface area contributed by atoms with Gasteiger partial charge < -0.3 is 10.2 Å². The van der Waals surface area contributed by atoms with Gasteiger partial charge in [0.2, 0.25) is 0 Å². The van der Waals surface area contributed by atoms with Crippen LogP contribution in [0.3, 0.4) is 0 Å². The fourth-order valence-electron chi connectivity index (χ4n) is 4.47. The van der Waals surface area contributed by atoms with Crippen LogP contribution in [0.2, 0.25) is 0 Å². The second kappa shape index (κ2) is 7.70. The second-order valence-electron chi connectivity index (χ2n) is 7.70. The largest absolute Gasteiger partial charge is 0.325 e. The number of amides is 2. The van der Waals surface area contributed by atoms with Gasteiger partial charge in [-0.1, -0.05) is 12.5 Å². The lowest BCUT2D eigenvalue weighted by atomic mass is 9.71. The molecule has 1 aromatic carbocycles. The molecule has 2 amide bonds. The van der Waals surface area contributed by atoms with Crippen molar-refractivity contribution in [2.45, 2.75) is 41.7 Å². The van der Waals surface area contributed by atoms with E-state index in [0.29, 0.717) is 44.5 Å². The Morgan fingerprint density at radius 3 is 2.52 bits per heavy atom. The van der Waals surface area contributed by atoms with Gasteiger partial charge in [0, 0.05) is 13.1 Å². The van der Waals surface area contributed by atoms with Gasteiger partial charge in [-0.2, -0.15) is 10.2 Å². The van der Waals surface area contributed by atoms with Crippen LogP contribution in [0.25, 0.3) is 0 Å². The summed E-state index contributed by atoms with van der Waals surface area (Å²) in [6.07, 6.45) is 6.22. The summed E-state index contributed by atoms with van der Waals surface area (Å²) in [6, 6.07) is 6.71. The van der Waals surface area contributed by atoms with Crippen molar-refractivity contribution < 1.29 is 17.6 Å². The van der Waals surface area contributed by atoms with Gasteiger partial charge in [-0.25, -0.2) is 17.6 Å². The summed E-state index contributed by atoms with van der Waals surface area (Å²) in [5, 5.41) is 10.2. The molecule has 1 aliphatic heterocycles. The lowest BCUT2D eigenvalue weighted by Gasteiger charge is -2.49. The number of hydrogen-bond acceptors (Lipinski definition) is 5. The van der Waals surface area contributed by atoms with Gasteiger partial charge in [0.1, 0.15) is 5.82 Å². The second-order valence-corrected chi connectivity index (χ2v) is 9.99. The van der Waals surface area contributed by atoms with Crippen molar-refractivity contribution in [2.24, 2.45) is 5.92 Å². The summed E-state index contributed by atoms with van der Waals surface area (Å²) in [4.78, 5) is 14.2. The standard InChI is InChI=1S/C20H23FN4O3S/c21-16-3-1-4-18(13-16)29(27,28)20(8-2-9-20)15-6-11-25(12-7-15)19(26)24-17-5-10-22-23-14-17/h1,3-5,10,13-15H,2,6-9,11-12H2,(H,22,24,26). The normalized spacial score (nSPS) is 19.4. The number of benzene rings is 1. The van der Waals surface area contributed by atoms with E-state index in [1.807, 2.05) is 0 Å². The number of carbonyl (C=O) groups excluding carboxylic acids is 1. The number of hydrogen-bond donors (Lipinski definition) is 1. The zero-order valence-corrected chi connectivity index (χ0v) is 16.7. The highest BCUT2D eigenvalue weighted by Crippen LogP contribution is 2.51. The number of rotatable bonds is 4. The Bertz CT molecular complexity index is 988. The van der Waals surface area contributed by atoms with Gasteiger partial charge in [0.15, 0.2) is 9.84 Å². The quantitative estimate of drug-likeness (QED) is 0.823. The Morgan fingerprint density at radius 2 is 1.93 bits per heavy atom. The molecule has 0 atom stereocenters.